The summed E-state index contributed by atoms with van der Waals surface area (Å²) >= 11 is 0. The number of esters is 2. The van der Waals surface area contributed by atoms with Crippen LogP contribution in [0.2, 0.25) is 0 Å². The molecule has 1 fully saturated rings. The maximum absolute atomic E-state index is 12.8. The van der Waals surface area contributed by atoms with E-state index >= 15 is 0 Å². The monoisotopic (exact) mass is 438 g/mol. The molecule has 4 heteroatoms. The van der Waals surface area contributed by atoms with E-state index in [1.165, 1.54) is 38.5 Å². The van der Waals surface area contributed by atoms with Crippen LogP contribution < -0.4 is 0 Å². The predicted molar refractivity (Wildman–Crippen MR) is 128 cm³/mol. The fourth-order valence-electron chi connectivity index (χ4n) is 4.69. The molecule has 0 aliphatic heterocycles. The van der Waals surface area contributed by atoms with E-state index in [0.29, 0.717) is 19.1 Å². The van der Waals surface area contributed by atoms with Crippen molar-refractivity contribution in [2.24, 2.45) is 23.7 Å². The van der Waals surface area contributed by atoms with Gasteiger partial charge >= 0.3 is 11.9 Å². The third kappa shape index (κ3) is 12.5. The number of rotatable bonds is 17. The van der Waals surface area contributed by atoms with Gasteiger partial charge in [-0.1, -0.05) is 91.9 Å². The highest BCUT2D eigenvalue weighted by molar-refractivity contribution is 5.82. The van der Waals surface area contributed by atoms with Crippen LogP contribution in [0.3, 0.4) is 0 Å². The molecule has 182 valence electrons. The van der Waals surface area contributed by atoms with E-state index in [2.05, 4.69) is 27.7 Å². The second kappa shape index (κ2) is 17.5. The third-order valence-electron chi connectivity index (χ3n) is 6.67. The van der Waals surface area contributed by atoms with Crippen molar-refractivity contribution in [1.29, 1.82) is 0 Å². The number of hydrogen-bond donors (Lipinski definition) is 0. The van der Waals surface area contributed by atoms with Crippen LogP contribution in [0.15, 0.2) is 0 Å². The Balaban J connectivity index is 2.39. The van der Waals surface area contributed by atoms with Crippen molar-refractivity contribution in [3.63, 3.8) is 0 Å². The van der Waals surface area contributed by atoms with Gasteiger partial charge in [-0.3, -0.25) is 9.59 Å². The standard InChI is InChI=1S/C27H50O4/c1-5-7-10-17-23(15-6-2)21-31-27(29)25-19-13-12-18-24(25)26(28)30-20-14-9-8-11-16-22(3)4/h22-25H,5-21H2,1-4H3. The van der Waals surface area contributed by atoms with Gasteiger partial charge < -0.3 is 9.47 Å². The summed E-state index contributed by atoms with van der Waals surface area (Å²) in [7, 11) is 0. The van der Waals surface area contributed by atoms with Crippen LogP contribution in [0.25, 0.3) is 0 Å². The summed E-state index contributed by atoms with van der Waals surface area (Å²) in [5.41, 5.74) is 0. The summed E-state index contributed by atoms with van der Waals surface area (Å²) in [5, 5.41) is 0. The van der Waals surface area contributed by atoms with Gasteiger partial charge in [0.2, 0.25) is 0 Å². The van der Waals surface area contributed by atoms with Gasteiger partial charge in [0.25, 0.3) is 0 Å². The fraction of sp³-hybridized carbons (Fsp3) is 0.926. The van der Waals surface area contributed by atoms with Crippen LogP contribution in [0.5, 0.6) is 0 Å². The Labute approximate surface area is 192 Å². The van der Waals surface area contributed by atoms with Crippen molar-refractivity contribution in [3.05, 3.63) is 0 Å². The van der Waals surface area contributed by atoms with Crippen molar-refractivity contribution in [1.82, 2.24) is 0 Å². The Morgan fingerprint density at radius 2 is 1.35 bits per heavy atom. The van der Waals surface area contributed by atoms with Gasteiger partial charge in [-0.05, 0) is 43.9 Å². The molecule has 0 N–H and O–H groups in total. The minimum Gasteiger partial charge on any atom is -0.465 e. The molecule has 0 spiro atoms. The topological polar surface area (TPSA) is 52.6 Å². The summed E-state index contributed by atoms with van der Waals surface area (Å²) < 4.78 is 11.3. The summed E-state index contributed by atoms with van der Waals surface area (Å²) in [4.78, 5) is 25.5. The molecule has 0 bridgehead atoms. The highest BCUT2D eigenvalue weighted by atomic mass is 16.5. The number of carbonyl (C=O) groups is 2. The van der Waals surface area contributed by atoms with Crippen LogP contribution in [-0.4, -0.2) is 25.2 Å². The second-order valence-electron chi connectivity index (χ2n) is 10.0. The molecule has 0 saturated heterocycles. The molecule has 4 nitrogen and oxygen atoms in total. The summed E-state index contributed by atoms with van der Waals surface area (Å²) in [6.07, 6.45) is 16.2. The number of unbranched alkanes of at least 4 members (excludes halogenated alkanes) is 5. The Morgan fingerprint density at radius 3 is 1.97 bits per heavy atom. The lowest BCUT2D eigenvalue weighted by Crippen LogP contribution is -2.35. The van der Waals surface area contributed by atoms with E-state index in [0.717, 1.165) is 63.7 Å². The van der Waals surface area contributed by atoms with Gasteiger partial charge in [0.05, 0.1) is 25.0 Å². The zero-order chi connectivity index (χ0) is 22.9. The zero-order valence-electron chi connectivity index (χ0n) is 21.0. The van der Waals surface area contributed by atoms with E-state index in [1.807, 2.05) is 0 Å². The van der Waals surface area contributed by atoms with Gasteiger partial charge in [0.1, 0.15) is 0 Å². The van der Waals surface area contributed by atoms with Gasteiger partial charge in [0.15, 0.2) is 0 Å². The van der Waals surface area contributed by atoms with E-state index < -0.39 is 0 Å². The number of ether oxygens (including phenoxy) is 2. The van der Waals surface area contributed by atoms with E-state index in [4.69, 9.17) is 9.47 Å². The van der Waals surface area contributed by atoms with Crippen LogP contribution in [0, 0.1) is 23.7 Å². The molecule has 1 rings (SSSR count). The smallest absolute Gasteiger partial charge is 0.309 e. The second-order valence-corrected chi connectivity index (χ2v) is 10.0. The molecule has 0 aromatic rings. The van der Waals surface area contributed by atoms with Gasteiger partial charge in [0, 0.05) is 0 Å². The van der Waals surface area contributed by atoms with E-state index in [-0.39, 0.29) is 23.8 Å². The molecule has 1 aliphatic carbocycles. The first-order chi connectivity index (χ1) is 15.0. The molecule has 0 amide bonds. The zero-order valence-corrected chi connectivity index (χ0v) is 21.0. The molecule has 31 heavy (non-hydrogen) atoms. The highest BCUT2D eigenvalue weighted by Crippen LogP contribution is 2.32. The first-order valence-electron chi connectivity index (χ1n) is 13.3. The largest absolute Gasteiger partial charge is 0.465 e. The number of hydrogen-bond acceptors (Lipinski definition) is 4. The molecule has 1 aliphatic rings. The van der Waals surface area contributed by atoms with Crippen molar-refractivity contribution in [2.45, 2.75) is 124 Å². The minimum atomic E-state index is -0.315. The van der Waals surface area contributed by atoms with E-state index in [1.54, 1.807) is 0 Å². The normalized spacial score (nSPS) is 19.9. The Morgan fingerprint density at radius 1 is 0.742 bits per heavy atom. The highest BCUT2D eigenvalue weighted by Gasteiger charge is 2.38. The average molecular weight is 439 g/mol. The molecule has 0 aromatic carbocycles. The maximum Gasteiger partial charge on any atom is 0.309 e. The lowest BCUT2D eigenvalue weighted by Gasteiger charge is -2.29. The lowest BCUT2D eigenvalue weighted by atomic mass is 9.79. The van der Waals surface area contributed by atoms with Crippen molar-refractivity contribution in [3.8, 4) is 0 Å². The molecule has 0 heterocycles. The fourth-order valence-corrected chi connectivity index (χ4v) is 4.69. The van der Waals surface area contributed by atoms with Crippen molar-refractivity contribution < 1.29 is 19.1 Å². The van der Waals surface area contributed by atoms with Gasteiger partial charge in [-0.2, -0.15) is 0 Å². The third-order valence-corrected chi connectivity index (χ3v) is 6.67. The van der Waals surface area contributed by atoms with Crippen LogP contribution in [-0.2, 0) is 19.1 Å². The first-order valence-corrected chi connectivity index (χ1v) is 13.3. The van der Waals surface area contributed by atoms with Crippen molar-refractivity contribution >= 4 is 11.9 Å². The quantitative estimate of drug-likeness (QED) is 0.174. The Kier molecular flexibility index (Phi) is 15.8. The predicted octanol–water partition coefficient (Wildman–Crippen LogP) is 7.48. The molecule has 1 saturated carbocycles. The average Bonchev–Trinajstić information content (AvgIpc) is 2.76. The molecular formula is C27H50O4. The maximum atomic E-state index is 12.8. The SMILES string of the molecule is CCCCCC(CCC)COC(=O)C1CCCCC1C(=O)OCCCCCCC(C)C. The summed E-state index contributed by atoms with van der Waals surface area (Å²) in [6, 6.07) is 0. The molecule has 0 radical (unpaired) electrons. The molecule has 3 atom stereocenters. The van der Waals surface area contributed by atoms with E-state index in [9.17, 15) is 9.59 Å². The lowest BCUT2D eigenvalue weighted by molar-refractivity contribution is -0.163. The molecule has 0 aromatic heterocycles. The molecule has 3 unspecified atom stereocenters. The number of carbonyl (C=O) groups excluding carboxylic acids is 2. The van der Waals surface area contributed by atoms with Gasteiger partial charge in [-0.25, -0.2) is 0 Å². The van der Waals surface area contributed by atoms with Gasteiger partial charge in [-0.15, -0.1) is 0 Å². The summed E-state index contributed by atoms with van der Waals surface area (Å²) in [6.45, 7) is 9.89. The first kappa shape index (κ1) is 28.0. The van der Waals surface area contributed by atoms with Crippen LogP contribution >= 0.6 is 0 Å². The Bertz CT molecular complexity index is 474. The van der Waals surface area contributed by atoms with Crippen LogP contribution in [0.4, 0.5) is 0 Å². The summed E-state index contributed by atoms with van der Waals surface area (Å²) in [5.74, 6) is 0.223. The molecular weight excluding hydrogens is 388 g/mol. The minimum absolute atomic E-state index is 0.174. The Hall–Kier alpha value is -1.06. The van der Waals surface area contributed by atoms with Crippen LogP contribution in [0.1, 0.15) is 124 Å². The van der Waals surface area contributed by atoms with Crippen molar-refractivity contribution in [2.75, 3.05) is 13.2 Å².